The van der Waals surface area contributed by atoms with Crippen molar-refractivity contribution in [3.05, 3.63) is 77.2 Å². The summed E-state index contributed by atoms with van der Waals surface area (Å²) in [6, 6.07) is 12.8. The number of carbonyl (C=O) groups excluding carboxylic acids is 3. The number of aromatic nitrogens is 2. The Labute approximate surface area is 209 Å². The van der Waals surface area contributed by atoms with Crippen LogP contribution in [0.5, 0.6) is 11.6 Å². The molecule has 0 aliphatic carbocycles. The molecule has 5 amide bonds. The fourth-order valence-corrected chi connectivity index (χ4v) is 3.36. The van der Waals surface area contributed by atoms with Crippen LogP contribution in [0.1, 0.15) is 16.1 Å². The highest BCUT2D eigenvalue weighted by molar-refractivity contribution is 6.30. The predicted molar refractivity (Wildman–Crippen MR) is 127 cm³/mol. The molecule has 4 rings (SSSR count). The topological polar surface area (TPSA) is 165 Å². The van der Waals surface area contributed by atoms with E-state index in [4.69, 9.17) is 21.9 Å². The van der Waals surface area contributed by atoms with Gasteiger partial charge < -0.3 is 10.1 Å². The van der Waals surface area contributed by atoms with Gasteiger partial charge in [-0.05, 0) is 42.0 Å². The molecule has 1 aliphatic rings. The Morgan fingerprint density at radius 3 is 2.50 bits per heavy atom. The summed E-state index contributed by atoms with van der Waals surface area (Å²) in [5, 5.41) is 9.26. The molecule has 0 spiro atoms. The highest BCUT2D eigenvalue weighted by Gasteiger charge is 2.36. The van der Waals surface area contributed by atoms with Crippen LogP contribution in [0.2, 0.25) is 5.02 Å². The summed E-state index contributed by atoms with van der Waals surface area (Å²) in [5.41, 5.74) is 10.0. The van der Waals surface area contributed by atoms with E-state index >= 15 is 0 Å². The van der Waals surface area contributed by atoms with Crippen molar-refractivity contribution in [2.45, 2.75) is 12.8 Å². The summed E-state index contributed by atoms with van der Waals surface area (Å²) in [7, 11) is 1.40. The Balaban J connectivity index is 1.44. The number of imide groups is 1. The molecular weight excluding hydrogens is 490 g/mol. The van der Waals surface area contributed by atoms with Crippen LogP contribution >= 0.6 is 11.6 Å². The van der Waals surface area contributed by atoms with E-state index < -0.39 is 24.3 Å². The summed E-state index contributed by atoms with van der Waals surface area (Å²) in [5.74, 6) is -0.0730. The second kappa shape index (κ2) is 10.7. The Bertz CT molecular complexity index is 1270. The second-order valence-electron chi connectivity index (χ2n) is 7.51. The molecule has 0 radical (unpaired) electrons. The predicted octanol–water partition coefficient (Wildman–Crippen LogP) is 3.57. The molecule has 0 saturated carbocycles. The number of nitrogens with one attached hydrogen (secondary N) is 4. The fourth-order valence-electron chi connectivity index (χ4n) is 3.23. The van der Waals surface area contributed by atoms with Gasteiger partial charge >= 0.3 is 12.1 Å². The van der Waals surface area contributed by atoms with Gasteiger partial charge in [0, 0.05) is 17.8 Å². The molecule has 14 heteroatoms. The highest BCUT2D eigenvalue weighted by Crippen LogP contribution is 2.23. The van der Waals surface area contributed by atoms with Crippen molar-refractivity contribution in [2.24, 2.45) is 5.22 Å². The van der Waals surface area contributed by atoms with Crippen LogP contribution in [-0.2, 0) is 6.54 Å². The van der Waals surface area contributed by atoms with E-state index in [9.17, 15) is 14.4 Å². The lowest BCUT2D eigenvalue weighted by molar-refractivity contribution is 0.0944. The SMILES string of the molecule is CN1C(=O)NC(Nc2ccc(Oc3cnc(C(=O)NN=N)cn3)cc2)N(Cc2ccc(Cl)cc2)C1=O. The average Bonchev–Trinajstić information content (AvgIpc) is 2.88. The van der Waals surface area contributed by atoms with Crippen LogP contribution in [0.4, 0.5) is 15.3 Å². The van der Waals surface area contributed by atoms with Gasteiger partial charge in [-0.25, -0.2) is 29.9 Å². The normalized spacial score (nSPS) is 15.2. The second-order valence-corrected chi connectivity index (χ2v) is 7.95. The highest BCUT2D eigenvalue weighted by atomic mass is 35.5. The number of rotatable bonds is 8. The number of urea groups is 2. The minimum atomic E-state index is -0.802. The monoisotopic (exact) mass is 509 g/mol. The standard InChI is InChI=1S/C22H20ClN9O4/c1-31-21(34)28-20(32(22(31)35)12-13-2-4-14(23)5-3-13)27-15-6-8-16(9-7-15)36-18-11-25-17(10-26-18)19(33)29-30-24/h2-11,20,27H,12H2,1H3,(H,28,34)(H2,24,29,33). The first-order valence-electron chi connectivity index (χ1n) is 10.5. The molecule has 13 nitrogen and oxygen atoms in total. The molecule has 4 N–H and O–H groups in total. The minimum Gasteiger partial charge on any atom is -0.438 e. The van der Waals surface area contributed by atoms with Crippen LogP contribution in [0.15, 0.2) is 66.1 Å². The van der Waals surface area contributed by atoms with Crippen LogP contribution in [-0.4, -0.2) is 51.1 Å². The van der Waals surface area contributed by atoms with Crippen molar-refractivity contribution < 1.29 is 19.1 Å². The number of carbonyl (C=O) groups is 3. The number of nitrogens with zero attached hydrogens (tertiary/aromatic N) is 5. The summed E-state index contributed by atoms with van der Waals surface area (Å²) < 4.78 is 5.63. The first-order valence-corrected chi connectivity index (χ1v) is 10.8. The lowest BCUT2D eigenvalue weighted by Crippen LogP contribution is -2.65. The molecule has 3 aromatic rings. The van der Waals surface area contributed by atoms with E-state index in [2.05, 4.69) is 25.8 Å². The van der Waals surface area contributed by atoms with Crippen molar-refractivity contribution >= 4 is 35.3 Å². The van der Waals surface area contributed by atoms with E-state index in [-0.39, 0.29) is 18.1 Å². The van der Waals surface area contributed by atoms with Gasteiger partial charge in [-0.3, -0.25) is 15.0 Å². The van der Waals surface area contributed by atoms with Gasteiger partial charge in [-0.2, -0.15) is 5.53 Å². The lowest BCUT2D eigenvalue weighted by atomic mass is 10.2. The maximum Gasteiger partial charge on any atom is 0.331 e. The van der Waals surface area contributed by atoms with E-state index in [0.29, 0.717) is 16.5 Å². The first kappa shape index (κ1) is 24.3. The Morgan fingerprint density at radius 1 is 1.14 bits per heavy atom. The maximum absolute atomic E-state index is 12.8. The molecule has 2 aromatic carbocycles. The van der Waals surface area contributed by atoms with Gasteiger partial charge in [0.25, 0.3) is 5.91 Å². The van der Waals surface area contributed by atoms with Crippen LogP contribution in [0.25, 0.3) is 0 Å². The van der Waals surface area contributed by atoms with E-state index in [1.165, 1.54) is 24.3 Å². The van der Waals surface area contributed by atoms with E-state index in [1.54, 1.807) is 36.4 Å². The largest absolute Gasteiger partial charge is 0.438 e. The Kier molecular flexibility index (Phi) is 7.20. The zero-order chi connectivity index (χ0) is 25.7. The van der Waals surface area contributed by atoms with Gasteiger partial charge in [0.05, 0.1) is 18.9 Å². The molecule has 36 heavy (non-hydrogen) atoms. The quantitative estimate of drug-likeness (QED) is 0.266. The molecule has 1 aliphatic heterocycles. The van der Waals surface area contributed by atoms with Gasteiger partial charge in [-0.15, -0.1) is 0 Å². The summed E-state index contributed by atoms with van der Waals surface area (Å²) in [4.78, 5) is 47.0. The lowest BCUT2D eigenvalue weighted by Gasteiger charge is -2.40. The fraction of sp³-hybridized carbons (Fsp3) is 0.136. The molecular formula is C22H20ClN9O4. The third kappa shape index (κ3) is 5.64. The van der Waals surface area contributed by atoms with Crippen molar-refractivity contribution in [2.75, 3.05) is 12.4 Å². The van der Waals surface area contributed by atoms with Crippen LogP contribution in [0, 0.1) is 5.53 Å². The van der Waals surface area contributed by atoms with Crippen molar-refractivity contribution in [1.29, 1.82) is 5.53 Å². The van der Waals surface area contributed by atoms with E-state index in [1.807, 2.05) is 17.6 Å². The van der Waals surface area contributed by atoms with Crippen molar-refractivity contribution in [1.82, 2.24) is 30.5 Å². The van der Waals surface area contributed by atoms with Crippen molar-refractivity contribution in [3.8, 4) is 11.6 Å². The van der Waals surface area contributed by atoms with Gasteiger partial charge in [-0.1, -0.05) is 29.0 Å². The number of amides is 5. The number of hydrogen-bond donors (Lipinski definition) is 4. The molecule has 1 atom stereocenters. The zero-order valence-electron chi connectivity index (χ0n) is 18.8. The minimum absolute atomic E-state index is 0.0178. The Hall–Kier alpha value is -4.78. The number of halogens is 1. The number of anilines is 1. The third-order valence-electron chi connectivity index (χ3n) is 5.07. The molecule has 1 fully saturated rings. The van der Waals surface area contributed by atoms with E-state index in [0.717, 1.165) is 10.5 Å². The van der Waals surface area contributed by atoms with Gasteiger partial charge in [0.1, 0.15) is 11.4 Å². The van der Waals surface area contributed by atoms with Crippen LogP contribution < -0.4 is 20.8 Å². The van der Waals surface area contributed by atoms with Gasteiger partial charge in [0.2, 0.25) is 5.88 Å². The summed E-state index contributed by atoms with van der Waals surface area (Å²) in [6.45, 7) is 0.238. The zero-order valence-corrected chi connectivity index (χ0v) is 19.6. The van der Waals surface area contributed by atoms with Gasteiger partial charge in [0.15, 0.2) is 6.29 Å². The molecule has 1 saturated heterocycles. The Morgan fingerprint density at radius 2 is 1.86 bits per heavy atom. The maximum atomic E-state index is 12.8. The number of ether oxygens (including phenoxy) is 1. The molecule has 1 aromatic heterocycles. The van der Waals surface area contributed by atoms with Crippen LogP contribution in [0.3, 0.4) is 0 Å². The smallest absolute Gasteiger partial charge is 0.331 e. The molecule has 1 unspecified atom stereocenters. The average molecular weight is 510 g/mol. The summed E-state index contributed by atoms with van der Waals surface area (Å²) in [6.07, 6.45) is 1.66. The number of benzene rings is 2. The number of hydrogen-bond acceptors (Lipinski definition) is 9. The molecule has 0 bridgehead atoms. The molecule has 2 heterocycles. The molecule has 184 valence electrons. The summed E-state index contributed by atoms with van der Waals surface area (Å²) >= 11 is 5.95. The first-order chi connectivity index (χ1) is 17.3. The van der Waals surface area contributed by atoms with Crippen molar-refractivity contribution in [3.63, 3.8) is 0 Å². The third-order valence-corrected chi connectivity index (χ3v) is 5.33.